The number of hydrogen-bond acceptors (Lipinski definition) is 4. The summed E-state index contributed by atoms with van der Waals surface area (Å²) in [4.78, 5) is 24.9. The number of likely N-dealkylation sites (N-methyl/N-ethyl adjacent to an activating group) is 1. The average Bonchev–Trinajstić information content (AvgIpc) is 2.81. The monoisotopic (exact) mass is 339 g/mol. The number of carbonyl (C=O) groups excluding carboxylic acids is 2. The zero-order chi connectivity index (χ0) is 17.1. The molecule has 1 fully saturated rings. The predicted octanol–water partition coefficient (Wildman–Crippen LogP) is 4.24. The van der Waals surface area contributed by atoms with Gasteiger partial charge in [-0.25, -0.2) is 0 Å². The van der Waals surface area contributed by atoms with Gasteiger partial charge in [0.2, 0.25) is 0 Å². The summed E-state index contributed by atoms with van der Waals surface area (Å²) in [6.07, 6.45) is 1.72. The van der Waals surface area contributed by atoms with E-state index in [1.54, 1.807) is 6.08 Å². The fourth-order valence-electron chi connectivity index (χ4n) is 2.33. The molecule has 3 rings (SSSR count). The Hall–Kier alpha value is -2.53. The zero-order valence-electron chi connectivity index (χ0n) is 13.5. The molecule has 4 nitrogen and oxygen atoms in total. The van der Waals surface area contributed by atoms with Gasteiger partial charge in [0.15, 0.2) is 0 Å². The second-order valence-corrected chi connectivity index (χ2v) is 6.58. The fourth-order valence-corrected chi connectivity index (χ4v) is 3.15. The average molecular weight is 339 g/mol. The van der Waals surface area contributed by atoms with Gasteiger partial charge in [0.25, 0.3) is 11.1 Å². The predicted molar refractivity (Wildman–Crippen MR) is 95.7 cm³/mol. The van der Waals surface area contributed by atoms with Gasteiger partial charge in [-0.3, -0.25) is 14.5 Å². The summed E-state index contributed by atoms with van der Waals surface area (Å²) in [6, 6.07) is 15.6. The van der Waals surface area contributed by atoms with E-state index in [-0.39, 0.29) is 11.1 Å². The molecule has 0 aliphatic carbocycles. The Bertz CT molecular complexity index is 812. The minimum absolute atomic E-state index is 0.246. The molecule has 1 heterocycles. The number of imide groups is 1. The molecule has 0 N–H and O–H groups in total. The van der Waals surface area contributed by atoms with Gasteiger partial charge in [0, 0.05) is 7.05 Å². The molecule has 0 aromatic heterocycles. The van der Waals surface area contributed by atoms with Crippen LogP contribution >= 0.6 is 11.8 Å². The van der Waals surface area contributed by atoms with Crippen LogP contribution < -0.4 is 4.74 Å². The Morgan fingerprint density at radius 2 is 1.88 bits per heavy atom. The van der Waals surface area contributed by atoms with E-state index in [9.17, 15) is 9.59 Å². The SMILES string of the molecule is Cc1cccc(COc2ccc(/C=C3\SC(=O)N(C)C3=O)cc2)c1. The van der Waals surface area contributed by atoms with Crippen molar-refractivity contribution in [1.82, 2.24) is 4.90 Å². The molecule has 5 heteroatoms. The molecule has 1 aliphatic rings. The maximum absolute atomic E-state index is 11.9. The molecule has 24 heavy (non-hydrogen) atoms. The molecule has 2 aromatic rings. The van der Waals surface area contributed by atoms with Crippen molar-refractivity contribution in [1.29, 1.82) is 0 Å². The molecule has 0 saturated carbocycles. The first-order valence-corrected chi connectivity index (χ1v) is 8.34. The molecule has 0 atom stereocenters. The number of nitrogens with zero attached hydrogens (tertiary/aromatic N) is 1. The molecule has 0 bridgehead atoms. The van der Waals surface area contributed by atoms with Crippen molar-refractivity contribution in [3.8, 4) is 5.75 Å². The topological polar surface area (TPSA) is 46.6 Å². The summed E-state index contributed by atoms with van der Waals surface area (Å²) in [5, 5.41) is -0.246. The number of amides is 2. The fraction of sp³-hybridized carbons (Fsp3) is 0.158. The highest BCUT2D eigenvalue weighted by Gasteiger charge is 2.31. The Labute approximate surface area is 145 Å². The summed E-state index contributed by atoms with van der Waals surface area (Å²) >= 11 is 0.957. The molecule has 0 spiro atoms. The van der Waals surface area contributed by atoms with Crippen LogP contribution in [0.3, 0.4) is 0 Å². The van der Waals surface area contributed by atoms with Gasteiger partial charge in [-0.2, -0.15) is 0 Å². The van der Waals surface area contributed by atoms with Crippen LogP contribution in [0.1, 0.15) is 16.7 Å². The number of rotatable bonds is 4. The molecule has 0 unspecified atom stereocenters. The number of thioether (sulfide) groups is 1. The lowest BCUT2D eigenvalue weighted by atomic mass is 10.1. The summed E-state index contributed by atoms with van der Waals surface area (Å²) < 4.78 is 5.77. The highest BCUT2D eigenvalue weighted by atomic mass is 32.2. The molecular weight excluding hydrogens is 322 g/mol. The number of ether oxygens (including phenoxy) is 1. The maximum Gasteiger partial charge on any atom is 0.293 e. The van der Waals surface area contributed by atoms with Gasteiger partial charge in [-0.15, -0.1) is 0 Å². The van der Waals surface area contributed by atoms with Crippen molar-refractivity contribution in [2.24, 2.45) is 0 Å². The van der Waals surface area contributed by atoms with E-state index < -0.39 is 0 Å². The number of hydrogen-bond donors (Lipinski definition) is 0. The van der Waals surface area contributed by atoms with Crippen LogP contribution in [0.25, 0.3) is 6.08 Å². The summed E-state index contributed by atoms with van der Waals surface area (Å²) in [5.41, 5.74) is 3.18. The van der Waals surface area contributed by atoms with Crippen molar-refractivity contribution < 1.29 is 14.3 Å². The molecular formula is C19H17NO3S. The van der Waals surface area contributed by atoms with E-state index >= 15 is 0 Å². The van der Waals surface area contributed by atoms with Crippen molar-refractivity contribution in [3.63, 3.8) is 0 Å². The number of benzene rings is 2. The van der Waals surface area contributed by atoms with E-state index in [1.165, 1.54) is 12.6 Å². The van der Waals surface area contributed by atoms with E-state index in [2.05, 4.69) is 19.1 Å². The third-order valence-corrected chi connectivity index (χ3v) is 4.61. The minimum atomic E-state index is -0.259. The second-order valence-electron chi connectivity index (χ2n) is 5.59. The van der Waals surface area contributed by atoms with E-state index in [0.29, 0.717) is 11.5 Å². The first-order chi connectivity index (χ1) is 11.5. The molecule has 122 valence electrons. The van der Waals surface area contributed by atoms with Crippen molar-refractivity contribution in [3.05, 3.63) is 70.1 Å². The van der Waals surface area contributed by atoms with Gasteiger partial charge in [0.05, 0.1) is 4.91 Å². The largest absolute Gasteiger partial charge is 0.489 e. The molecule has 2 aromatic carbocycles. The quantitative estimate of drug-likeness (QED) is 0.782. The molecule has 0 radical (unpaired) electrons. The van der Waals surface area contributed by atoms with Crippen LogP contribution in [-0.4, -0.2) is 23.1 Å². The summed E-state index contributed by atoms with van der Waals surface area (Å²) in [5.74, 6) is 0.502. The third-order valence-electron chi connectivity index (χ3n) is 3.65. The van der Waals surface area contributed by atoms with Crippen LogP contribution in [0.2, 0.25) is 0 Å². The van der Waals surface area contributed by atoms with Crippen LogP contribution in [0.4, 0.5) is 4.79 Å². The highest BCUT2D eigenvalue weighted by Crippen LogP contribution is 2.31. The van der Waals surface area contributed by atoms with Gasteiger partial charge in [-0.1, -0.05) is 42.0 Å². The summed E-state index contributed by atoms with van der Waals surface area (Å²) in [6.45, 7) is 2.56. The molecule has 1 saturated heterocycles. The highest BCUT2D eigenvalue weighted by molar-refractivity contribution is 8.18. The molecule has 1 aliphatic heterocycles. The lowest BCUT2D eigenvalue weighted by molar-refractivity contribution is -0.121. The Morgan fingerprint density at radius 1 is 1.12 bits per heavy atom. The lowest BCUT2D eigenvalue weighted by Gasteiger charge is -2.07. The van der Waals surface area contributed by atoms with Crippen LogP contribution in [0.5, 0.6) is 5.75 Å². The van der Waals surface area contributed by atoms with Gasteiger partial charge >= 0.3 is 0 Å². The van der Waals surface area contributed by atoms with E-state index in [1.807, 2.05) is 36.4 Å². The lowest BCUT2D eigenvalue weighted by Crippen LogP contribution is -2.22. The van der Waals surface area contributed by atoms with Gasteiger partial charge in [-0.05, 0) is 48.0 Å². The van der Waals surface area contributed by atoms with Crippen LogP contribution in [-0.2, 0) is 11.4 Å². The Kier molecular flexibility index (Phi) is 4.71. The minimum Gasteiger partial charge on any atom is -0.489 e. The van der Waals surface area contributed by atoms with Gasteiger partial charge < -0.3 is 4.74 Å². The zero-order valence-corrected chi connectivity index (χ0v) is 14.3. The van der Waals surface area contributed by atoms with Crippen molar-refractivity contribution in [2.75, 3.05) is 7.05 Å². The maximum atomic E-state index is 11.9. The van der Waals surface area contributed by atoms with Gasteiger partial charge in [0.1, 0.15) is 12.4 Å². The Morgan fingerprint density at radius 3 is 2.50 bits per heavy atom. The van der Waals surface area contributed by atoms with E-state index in [4.69, 9.17) is 4.74 Å². The summed E-state index contributed by atoms with van der Waals surface area (Å²) in [7, 11) is 1.49. The van der Waals surface area contributed by atoms with E-state index in [0.717, 1.165) is 33.5 Å². The first kappa shape index (κ1) is 16.3. The van der Waals surface area contributed by atoms with Crippen molar-refractivity contribution in [2.45, 2.75) is 13.5 Å². The standard InChI is InChI=1S/C19H17NO3S/c1-13-4-3-5-15(10-13)12-23-16-8-6-14(7-9-16)11-17-18(21)20(2)19(22)24-17/h3-11H,12H2,1-2H3/b17-11-. The first-order valence-electron chi connectivity index (χ1n) is 7.53. The Balaban J connectivity index is 1.65. The smallest absolute Gasteiger partial charge is 0.293 e. The van der Waals surface area contributed by atoms with Crippen molar-refractivity contribution >= 4 is 29.0 Å². The molecule has 2 amide bonds. The normalized spacial score (nSPS) is 16.1. The van der Waals surface area contributed by atoms with Crippen LogP contribution in [0, 0.1) is 6.92 Å². The number of aryl methyl sites for hydroxylation is 1. The third kappa shape index (κ3) is 3.68. The van der Waals surface area contributed by atoms with Crippen LogP contribution in [0.15, 0.2) is 53.4 Å². The number of carbonyl (C=O) groups is 2. The second kappa shape index (κ2) is 6.93.